The van der Waals surface area contributed by atoms with Gasteiger partial charge in [-0.1, -0.05) is 19.3 Å². The molecule has 1 spiro atoms. The average molecular weight is 267 g/mol. The van der Waals surface area contributed by atoms with Gasteiger partial charge in [-0.2, -0.15) is 0 Å². The second-order valence-corrected chi connectivity index (χ2v) is 6.66. The SMILES string of the molecule is O=C(O)CC1CN(C2CCOC3(CCCCC3)C2)C1. The van der Waals surface area contributed by atoms with Crippen LogP contribution in [0.5, 0.6) is 0 Å². The topological polar surface area (TPSA) is 49.8 Å². The van der Waals surface area contributed by atoms with E-state index in [0.29, 0.717) is 18.4 Å². The van der Waals surface area contributed by atoms with Crippen molar-refractivity contribution < 1.29 is 14.6 Å². The van der Waals surface area contributed by atoms with E-state index in [2.05, 4.69) is 4.90 Å². The molecule has 1 unspecified atom stereocenters. The maximum atomic E-state index is 10.7. The van der Waals surface area contributed by atoms with Crippen LogP contribution < -0.4 is 0 Å². The average Bonchev–Trinajstić information content (AvgIpc) is 2.34. The lowest BCUT2D eigenvalue weighted by Gasteiger charge is -2.51. The second-order valence-electron chi connectivity index (χ2n) is 6.66. The highest BCUT2D eigenvalue weighted by atomic mass is 16.5. The summed E-state index contributed by atoms with van der Waals surface area (Å²) in [6.45, 7) is 2.85. The van der Waals surface area contributed by atoms with Crippen molar-refractivity contribution in [2.45, 2.75) is 63.0 Å². The van der Waals surface area contributed by atoms with Crippen molar-refractivity contribution in [2.24, 2.45) is 5.92 Å². The van der Waals surface area contributed by atoms with Crippen molar-refractivity contribution in [3.05, 3.63) is 0 Å². The van der Waals surface area contributed by atoms with E-state index in [1.54, 1.807) is 0 Å². The first-order valence-electron chi connectivity index (χ1n) is 7.77. The van der Waals surface area contributed by atoms with Gasteiger partial charge in [0.15, 0.2) is 0 Å². The summed E-state index contributed by atoms with van der Waals surface area (Å²) in [6, 6.07) is 0.636. The van der Waals surface area contributed by atoms with Crippen LogP contribution in [0.4, 0.5) is 0 Å². The second kappa shape index (κ2) is 5.41. The van der Waals surface area contributed by atoms with Crippen molar-refractivity contribution in [1.29, 1.82) is 0 Å². The number of aliphatic carboxylic acids is 1. The highest BCUT2D eigenvalue weighted by Crippen LogP contribution is 2.41. The third-order valence-electron chi connectivity index (χ3n) is 5.20. The van der Waals surface area contributed by atoms with E-state index in [1.807, 2.05) is 0 Å². The number of nitrogens with zero attached hydrogens (tertiary/aromatic N) is 1. The van der Waals surface area contributed by atoms with Gasteiger partial charge in [-0.05, 0) is 31.6 Å². The van der Waals surface area contributed by atoms with Crippen LogP contribution in [0.25, 0.3) is 0 Å². The van der Waals surface area contributed by atoms with Crippen molar-refractivity contribution >= 4 is 5.97 Å². The quantitative estimate of drug-likeness (QED) is 0.852. The predicted octanol–water partition coefficient (Wildman–Crippen LogP) is 2.27. The first-order chi connectivity index (χ1) is 9.17. The van der Waals surface area contributed by atoms with Gasteiger partial charge in [0.1, 0.15) is 0 Å². The Balaban J connectivity index is 1.51. The maximum Gasteiger partial charge on any atom is 0.303 e. The van der Waals surface area contributed by atoms with Gasteiger partial charge in [0, 0.05) is 25.7 Å². The van der Waals surface area contributed by atoms with Crippen molar-refractivity contribution in [1.82, 2.24) is 4.90 Å². The van der Waals surface area contributed by atoms with E-state index < -0.39 is 5.97 Å². The third-order valence-corrected chi connectivity index (χ3v) is 5.20. The molecule has 0 aromatic heterocycles. The smallest absolute Gasteiger partial charge is 0.303 e. The molecule has 4 heteroatoms. The maximum absolute atomic E-state index is 10.7. The molecule has 0 aromatic carbocycles. The monoisotopic (exact) mass is 267 g/mol. The van der Waals surface area contributed by atoms with Gasteiger partial charge in [-0.3, -0.25) is 9.69 Å². The molecule has 108 valence electrons. The summed E-state index contributed by atoms with van der Waals surface area (Å²) in [4.78, 5) is 13.2. The Hall–Kier alpha value is -0.610. The van der Waals surface area contributed by atoms with Crippen LogP contribution in [0, 0.1) is 5.92 Å². The lowest BCUT2D eigenvalue weighted by Crippen LogP contribution is -2.57. The van der Waals surface area contributed by atoms with Crippen molar-refractivity contribution in [2.75, 3.05) is 19.7 Å². The van der Waals surface area contributed by atoms with Gasteiger partial charge in [-0.25, -0.2) is 0 Å². The van der Waals surface area contributed by atoms with Gasteiger partial charge in [0.25, 0.3) is 0 Å². The van der Waals surface area contributed by atoms with E-state index in [0.717, 1.165) is 26.1 Å². The molecule has 2 heterocycles. The van der Waals surface area contributed by atoms with E-state index in [4.69, 9.17) is 9.84 Å². The molecule has 1 atom stereocenters. The number of likely N-dealkylation sites (tertiary alicyclic amines) is 1. The molecule has 4 nitrogen and oxygen atoms in total. The fourth-order valence-corrected chi connectivity index (χ4v) is 4.14. The molecule has 2 saturated heterocycles. The summed E-state index contributed by atoms with van der Waals surface area (Å²) in [6.07, 6.45) is 9.09. The van der Waals surface area contributed by atoms with Crippen LogP contribution in [0.3, 0.4) is 0 Å². The summed E-state index contributed by atoms with van der Waals surface area (Å²) in [5.74, 6) is -0.275. The van der Waals surface area contributed by atoms with Crippen LogP contribution in [-0.2, 0) is 9.53 Å². The first-order valence-corrected chi connectivity index (χ1v) is 7.77. The predicted molar refractivity (Wildman–Crippen MR) is 72.1 cm³/mol. The number of ether oxygens (including phenoxy) is 1. The van der Waals surface area contributed by atoms with E-state index in [1.165, 1.54) is 38.5 Å². The molecule has 0 amide bonds. The lowest BCUT2D eigenvalue weighted by molar-refractivity contribution is -0.146. The summed E-state index contributed by atoms with van der Waals surface area (Å²) in [7, 11) is 0. The standard InChI is InChI=1S/C15H25NO3/c17-14(18)8-12-10-16(11-12)13-4-7-19-15(9-13)5-2-1-3-6-15/h12-13H,1-11H2,(H,17,18). The molecule has 1 aliphatic carbocycles. The fourth-order valence-electron chi connectivity index (χ4n) is 4.14. The molecule has 0 aromatic rings. The Bertz CT molecular complexity index is 327. The summed E-state index contributed by atoms with van der Waals surface area (Å²) >= 11 is 0. The van der Waals surface area contributed by atoms with Crippen molar-refractivity contribution in [3.8, 4) is 0 Å². The molecule has 3 fully saturated rings. The Morgan fingerprint density at radius 1 is 1.26 bits per heavy atom. The lowest BCUT2D eigenvalue weighted by atomic mass is 9.77. The Labute approximate surface area is 115 Å². The van der Waals surface area contributed by atoms with E-state index >= 15 is 0 Å². The van der Waals surface area contributed by atoms with Gasteiger partial charge in [-0.15, -0.1) is 0 Å². The minimum atomic E-state index is -0.652. The molecule has 2 aliphatic heterocycles. The number of hydrogen-bond acceptors (Lipinski definition) is 3. The highest BCUT2D eigenvalue weighted by Gasteiger charge is 2.43. The summed E-state index contributed by atoms with van der Waals surface area (Å²) in [5, 5.41) is 8.81. The van der Waals surface area contributed by atoms with Gasteiger partial charge in [0.05, 0.1) is 12.0 Å². The van der Waals surface area contributed by atoms with Gasteiger partial charge in [0.2, 0.25) is 0 Å². The normalized spacial score (nSPS) is 32.1. The summed E-state index contributed by atoms with van der Waals surface area (Å²) < 4.78 is 6.13. The minimum absolute atomic E-state index is 0.166. The largest absolute Gasteiger partial charge is 0.481 e. The van der Waals surface area contributed by atoms with E-state index in [-0.39, 0.29) is 5.60 Å². The number of carboxylic acid groups (broad SMARTS) is 1. The molecule has 19 heavy (non-hydrogen) atoms. The molecule has 1 saturated carbocycles. The molecule has 3 aliphatic rings. The third kappa shape index (κ3) is 2.95. The Morgan fingerprint density at radius 3 is 2.68 bits per heavy atom. The van der Waals surface area contributed by atoms with Crippen LogP contribution in [0.15, 0.2) is 0 Å². The number of hydrogen-bond donors (Lipinski definition) is 1. The van der Waals surface area contributed by atoms with Crippen LogP contribution in [0.1, 0.15) is 51.4 Å². The first kappa shape index (κ1) is 13.4. The summed E-state index contributed by atoms with van der Waals surface area (Å²) in [5.41, 5.74) is 0.166. The van der Waals surface area contributed by atoms with Crippen molar-refractivity contribution in [3.63, 3.8) is 0 Å². The van der Waals surface area contributed by atoms with Gasteiger partial charge < -0.3 is 9.84 Å². The molecule has 1 N–H and O–H groups in total. The fraction of sp³-hybridized carbons (Fsp3) is 0.933. The Morgan fingerprint density at radius 2 is 2.00 bits per heavy atom. The molecule has 0 radical (unpaired) electrons. The van der Waals surface area contributed by atoms with Crippen LogP contribution in [0.2, 0.25) is 0 Å². The Kier molecular flexibility index (Phi) is 3.81. The number of carbonyl (C=O) groups is 1. The highest BCUT2D eigenvalue weighted by molar-refractivity contribution is 5.67. The zero-order chi connectivity index (χ0) is 13.3. The molecular formula is C15H25NO3. The number of carboxylic acids is 1. The van der Waals surface area contributed by atoms with Crippen LogP contribution >= 0.6 is 0 Å². The molecule has 0 bridgehead atoms. The van der Waals surface area contributed by atoms with E-state index in [9.17, 15) is 4.79 Å². The number of rotatable bonds is 3. The molecular weight excluding hydrogens is 242 g/mol. The van der Waals surface area contributed by atoms with Gasteiger partial charge >= 0.3 is 5.97 Å². The molecule has 3 rings (SSSR count). The zero-order valence-electron chi connectivity index (χ0n) is 11.6. The van der Waals surface area contributed by atoms with Crippen LogP contribution in [-0.4, -0.2) is 47.3 Å². The zero-order valence-corrected chi connectivity index (χ0v) is 11.6. The minimum Gasteiger partial charge on any atom is -0.481 e.